The summed E-state index contributed by atoms with van der Waals surface area (Å²) in [6, 6.07) is 9.80. The maximum atomic E-state index is 11.1. The molecule has 0 aliphatic rings. The van der Waals surface area contributed by atoms with E-state index in [0.717, 1.165) is 5.56 Å². The van der Waals surface area contributed by atoms with Crippen LogP contribution in [0.3, 0.4) is 0 Å². The highest BCUT2D eigenvalue weighted by Gasteiger charge is 1.94. The highest BCUT2D eigenvalue weighted by atomic mass is 16.5. The molecule has 2 N–H and O–H groups in total. The number of carbonyl (C=O) groups is 1. The van der Waals surface area contributed by atoms with Crippen LogP contribution in [0.1, 0.15) is 12.5 Å². The van der Waals surface area contributed by atoms with E-state index in [2.05, 4.69) is 0 Å². The van der Waals surface area contributed by atoms with Crippen LogP contribution in [0.25, 0.3) is 6.08 Å². The molecule has 1 rings (SSSR count). The number of esters is 1. The van der Waals surface area contributed by atoms with E-state index in [1.54, 1.807) is 13.0 Å². The van der Waals surface area contributed by atoms with Gasteiger partial charge in [0.2, 0.25) is 0 Å². The Bertz CT molecular complexity index is 390. The van der Waals surface area contributed by atoms with Crippen molar-refractivity contribution in [2.75, 3.05) is 6.61 Å². The van der Waals surface area contributed by atoms with Crippen molar-refractivity contribution < 1.29 is 9.53 Å². The average Bonchev–Trinajstić information content (AvgIpc) is 2.25. The summed E-state index contributed by atoms with van der Waals surface area (Å²) in [5.41, 5.74) is 6.85. The smallest absolute Gasteiger partial charge is 0.332 e. The molecule has 0 amide bonds. The first-order valence-corrected chi connectivity index (χ1v) is 5.00. The SMILES string of the molecule is CC(N)=CC(=O)OC/C=C/c1ccccc1. The Kier molecular flexibility index (Phi) is 4.86. The lowest BCUT2D eigenvalue weighted by Crippen LogP contribution is -2.03. The first-order chi connectivity index (χ1) is 7.68. The molecule has 0 aliphatic carbocycles. The third kappa shape index (κ3) is 5.00. The Morgan fingerprint density at radius 1 is 1.38 bits per heavy atom. The molecule has 0 heterocycles. The Balaban J connectivity index is 2.34. The van der Waals surface area contributed by atoms with Crippen molar-refractivity contribution in [2.45, 2.75) is 6.92 Å². The maximum Gasteiger partial charge on any atom is 0.332 e. The number of ether oxygens (including phenoxy) is 1. The van der Waals surface area contributed by atoms with Gasteiger partial charge in [-0.1, -0.05) is 36.4 Å². The van der Waals surface area contributed by atoms with Gasteiger partial charge in [0.15, 0.2) is 0 Å². The zero-order chi connectivity index (χ0) is 11.8. The molecule has 3 heteroatoms. The standard InChI is InChI=1S/C13H15NO2/c1-11(14)10-13(15)16-9-5-8-12-6-3-2-4-7-12/h2-8,10H,9,14H2,1H3/b8-5+,11-10?. The largest absolute Gasteiger partial charge is 0.458 e. The van der Waals surface area contributed by atoms with Gasteiger partial charge in [-0.05, 0) is 18.6 Å². The highest BCUT2D eigenvalue weighted by Crippen LogP contribution is 2.00. The van der Waals surface area contributed by atoms with Crippen molar-refractivity contribution in [3.63, 3.8) is 0 Å². The van der Waals surface area contributed by atoms with Crippen molar-refractivity contribution >= 4 is 12.0 Å². The van der Waals surface area contributed by atoms with E-state index in [1.165, 1.54) is 6.08 Å². The summed E-state index contributed by atoms with van der Waals surface area (Å²) in [5.74, 6) is -0.419. The van der Waals surface area contributed by atoms with Gasteiger partial charge in [0.05, 0.1) is 0 Å². The molecular weight excluding hydrogens is 202 g/mol. The summed E-state index contributed by atoms with van der Waals surface area (Å²) in [7, 11) is 0. The van der Waals surface area contributed by atoms with Gasteiger partial charge in [0, 0.05) is 11.8 Å². The first-order valence-electron chi connectivity index (χ1n) is 5.00. The van der Waals surface area contributed by atoms with Gasteiger partial charge in [-0.3, -0.25) is 0 Å². The summed E-state index contributed by atoms with van der Waals surface area (Å²) in [6.07, 6.45) is 4.94. The monoisotopic (exact) mass is 217 g/mol. The maximum absolute atomic E-state index is 11.1. The highest BCUT2D eigenvalue weighted by molar-refractivity contribution is 5.82. The minimum absolute atomic E-state index is 0.248. The van der Waals surface area contributed by atoms with E-state index >= 15 is 0 Å². The predicted molar refractivity (Wildman–Crippen MR) is 64.4 cm³/mol. The van der Waals surface area contributed by atoms with Crippen LogP contribution in [-0.2, 0) is 9.53 Å². The van der Waals surface area contributed by atoms with Crippen LogP contribution in [0.2, 0.25) is 0 Å². The van der Waals surface area contributed by atoms with Crippen LogP contribution in [0.15, 0.2) is 48.2 Å². The molecule has 16 heavy (non-hydrogen) atoms. The minimum Gasteiger partial charge on any atom is -0.458 e. The fourth-order valence-electron chi connectivity index (χ4n) is 1.11. The predicted octanol–water partition coefficient (Wildman–Crippen LogP) is 2.11. The normalized spacial score (nSPS) is 11.7. The van der Waals surface area contributed by atoms with E-state index in [0.29, 0.717) is 5.70 Å². The van der Waals surface area contributed by atoms with Crippen LogP contribution in [0.5, 0.6) is 0 Å². The number of hydrogen-bond acceptors (Lipinski definition) is 3. The Morgan fingerprint density at radius 3 is 2.69 bits per heavy atom. The van der Waals surface area contributed by atoms with Gasteiger partial charge in [-0.25, -0.2) is 4.79 Å². The molecule has 0 fully saturated rings. The van der Waals surface area contributed by atoms with E-state index in [9.17, 15) is 4.79 Å². The Morgan fingerprint density at radius 2 is 2.06 bits per heavy atom. The molecule has 0 saturated heterocycles. The molecule has 0 saturated carbocycles. The van der Waals surface area contributed by atoms with Crippen molar-refractivity contribution in [1.29, 1.82) is 0 Å². The molecule has 1 aromatic carbocycles. The van der Waals surface area contributed by atoms with Crippen molar-refractivity contribution in [2.24, 2.45) is 5.73 Å². The van der Waals surface area contributed by atoms with Crippen LogP contribution >= 0.6 is 0 Å². The molecule has 0 unspecified atom stereocenters. The number of nitrogens with two attached hydrogens (primary N) is 1. The average molecular weight is 217 g/mol. The third-order valence-electron chi connectivity index (χ3n) is 1.78. The number of allylic oxidation sites excluding steroid dienone is 1. The van der Waals surface area contributed by atoms with Gasteiger partial charge in [-0.15, -0.1) is 0 Å². The lowest BCUT2D eigenvalue weighted by atomic mass is 10.2. The van der Waals surface area contributed by atoms with E-state index in [1.807, 2.05) is 36.4 Å². The molecule has 0 aromatic heterocycles. The van der Waals surface area contributed by atoms with Crippen molar-refractivity contribution in [1.82, 2.24) is 0 Å². The summed E-state index contributed by atoms with van der Waals surface area (Å²) >= 11 is 0. The Hall–Kier alpha value is -2.03. The zero-order valence-corrected chi connectivity index (χ0v) is 9.22. The molecule has 3 nitrogen and oxygen atoms in total. The summed E-state index contributed by atoms with van der Waals surface area (Å²) in [6.45, 7) is 1.89. The van der Waals surface area contributed by atoms with Gasteiger partial charge >= 0.3 is 5.97 Å². The second kappa shape index (κ2) is 6.45. The summed E-state index contributed by atoms with van der Waals surface area (Å²) in [4.78, 5) is 11.1. The van der Waals surface area contributed by atoms with Crippen molar-refractivity contribution in [3.8, 4) is 0 Å². The second-order valence-electron chi connectivity index (χ2n) is 3.33. The lowest BCUT2D eigenvalue weighted by molar-refractivity contribution is -0.136. The molecule has 0 radical (unpaired) electrons. The summed E-state index contributed by atoms with van der Waals surface area (Å²) in [5, 5.41) is 0. The molecule has 0 atom stereocenters. The van der Waals surface area contributed by atoms with Crippen LogP contribution in [-0.4, -0.2) is 12.6 Å². The first kappa shape index (κ1) is 12.0. The van der Waals surface area contributed by atoms with Gasteiger partial charge in [0.25, 0.3) is 0 Å². The van der Waals surface area contributed by atoms with Gasteiger partial charge in [0.1, 0.15) is 6.61 Å². The zero-order valence-electron chi connectivity index (χ0n) is 9.22. The molecule has 1 aromatic rings. The minimum atomic E-state index is -0.419. The fraction of sp³-hybridized carbons (Fsp3) is 0.154. The van der Waals surface area contributed by atoms with Crippen LogP contribution < -0.4 is 5.73 Å². The summed E-state index contributed by atoms with van der Waals surface area (Å²) < 4.78 is 4.89. The number of carbonyl (C=O) groups excluding carboxylic acids is 1. The fourth-order valence-corrected chi connectivity index (χ4v) is 1.11. The van der Waals surface area contributed by atoms with Crippen molar-refractivity contribution in [3.05, 3.63) is 53.7 Å². The lowest BCUT2D eigenvalue weighted by Gasteiger charge is -1.97. The van der Waals surface area contributed by atoms with Crippen LogP contribution in [0, 0.1) is 0 Å². The molecule has 0 spiro atoms. The number of hydrogen-bond donors (Lipinski definition) is 1. The molecule has 0 bridgehead atoms. The molecular formula is C13H15NO2. The van der Waals surface area contributed by atoms with Gasteiger partial charge in [-0.2, -0.15) is 0 Å². The van der Waals surface area contributed by atoms with E-state index in [-0.39, 0.29) is 6.61 Å². The third-order valence-corrected chi connectivity index (χ3v) is 1.78. The topological polar surface area (TPSA) is 52.3 Å². The van der Waals surface area contributed by atoms with Gasteiger partial charge < -0.3 is 10.5 Å². The molecule has 0 aliphatic heterocycles. The Labute approximate surface area is 95.2 Å². The van der Waals surface area contributed by atoms with Crippen LogP contribution in [0.4, 0.5) is 0 Å². The number of benzene rings is 1. The number of rotatable bonds is 4. The second-order valence-corrected chi connectivity index (χ2v) is 3.33. The van der Waals surface area contributed by atoms with E-state index in [4.69, 9.17) is 10.5 Å². The van der Waals surface area contributed by atoms with E-state index < -0.39 is 5.97 Å². The quantitative estimate of drug-likeness (QED) is 0.620. The molecule has 84 valence electrons.